The molecule has 0 saturated carbocycles. The molecule has 0 aliphatic rings. The maximum absolute atomic E-state index is 11.9. The van der Waals surface area contributed by atoms with E-state index in [0.717, 1.165) is 5.56 Å². The van der Waals surface area contributed by atoms with E-state index in [1.807, 2.05) is 30.3 Å². The summed E-state index contributed by atoms with van der Waals surface area (Å²) in [4.78, 5) is 26.9. The lowest BCUT2D eigenvalue weighted by Crippen LogP contribution is -2.15. The Kier molecular flexibility index (Phi) is 4.80. The number of carbonyl (C=O) groups is 1. The van der Waals surface area contributed by atoms with Crippen molar-refractivity contribution < 1.29 is 9.72 Å². The number of non-ortho nitro benzene ring substituents is 1. The highest BCUT2D eigenvalue weighted by Gasteiger charge is 2.20. The van der Waals surface area contributed by atoms with Crippen LogP contribution in [0.4, 0.5) is 5.69 Å². The van der Waals surface area contributed by atoms with Crippen LogP contribution < -0.4 is 5.73 Å². The Morgan fingerprint density at radius 1 is 1.17 bits per heavy atom. The number of aromatic nitrogens is 1. The Morgan fingerprint density at radius 3 is 2.42 bits per heavy atom. The number of nitrogens with two attached hydrogens (primary N) is 1. The van der Waals surface area contributed by atoms with Crippen molar-refractivity contribution in [2.45, 2.75) is 6.92 Å². The summed E-state index contributed by atoms with van der Waals surface area (Å²) in [6.07, 6.45) is 0. The Balaban J connectivity index is 0.00000208. The Bertz CT molecular complexity index is 943. The van der Waals surface area contributed by atoms with Gasteiger partial charge in [-0.3, -0.25) is 19.9 Å². The summed E-state index contributed by atoms with van der Waals surface area (Å²) in [5.74, 6) is -0.609. The molecule has 0 unspecified atom stereocenters. The molecule has 3 aromatic rings. The number of halogens is 1. The number of nitrogens with zero attached hydrogens (tertiary/aromatic N) is 2. The smallest absolute Gasteiger partial charge is 0.270 e. The van der Waals surface area contributed by atoms with Gasteiger partial charge in [0.15, 0.2) is 0 Å². The van der Waals surface area contributed by atoms with Crippen molar-refractivity contribution in [1.82, 2.24) is 4.98 Å². The van der Waals surface area contributed by atoms with Crippen molar-refractivity contribution in [3.63, 3.8) is 0 Å². The number of benzene rings is 2. The van der Waals surface area contributed by atoms with E-state index in [-0.39, 0.29) is 23.7 Å². The fourth-order valence-corrected chi connectivity index (χ4v) is 2.69. The molecule has 0 atom stereocenters. The lowest BCUT2D eigenvalue weighted by molar-refractivity contribution is -0.384. The van der Waals surface area contributed by atoms with Gasteiger partial charge in [0.05, 0.1) is 21.7 Å². The van der Waals surface area contributed by atoms with Crippen LogP contribution in [-0.4, -0.2) is 15.8 Å². The molecule has 122 valence electrons. The average molecular weight is 344 g/mol. The van der Waals surface area contributed by atoms with Gasteiger partial charge in [-0.1, -0.05) is 30.3 Å². The minimum Gasteiger partial charge on any atom is -0.366 e. The first-order valence-electron chi connectivity index (χ1n) is 6.93. The van der Waals surface area contributed by atoms with Crippen LogP contribution in [0.2, 0.25) is 0 Å². The van der Waals surface area contributed by atoms with Gasteiger partial charge in [-0.25, -0.2) is 0 Å². The van der Waals surface area contributed by atoms with Crippen LogP contribution in [0.25, 0.3) is 22.0 Å². The van der Waals surface area contributed by atoms with E-state index >= 15 is 0 Å². The van der Waals surface area contributed by atoms with E-state index in [0.29, 0.717) is 22.2 Å². The van der Waals surface area contributed by atoms with E-state index in [2.05, 4.69) is 4.98 Å². The molecule has 0 radical (unpaired) electrons. The first-order chi connectivity index (χ1) is 11.0. The second-order valence-electron chi connectivity index (χ2n) is 5.14. The van der Waals surface area contributed by atoms with E-state index in [1.165, 1.54) is 12.1 Å². The second kappa shape index (κ2) is 6.64. The molecule has 6 nitrogen and oxygen atoms in total. The van der Waals surface area contributed by atoms with Crippen molar-refractivity contribution >= 4 is 34.9 Å². The number of fused-ring (bicyclic) bond motifs is 1. The van der Waals surface area contributed by atoms with E-state index in [9.17, 15) is 14.9 Å². The molecule has 0 aliphatic carbocycles. The lowest BCUT2D eigenvalue weighted by Gasteiger charge is -2.13. The zero-order chi connectivity index (χ0) is 16.6. The lowest BCUT2D eigenvalue weighted by atomic mass is 9.94. The van der Waals surface area contributed by atoms with Gasteiger partial charge in [0, 0.05) is 23.1 Å². The molecule has 0 spiro atoms. The number of aryl methyl sites for hydroxylation is 1. The first kappa shape index (κ1) is 17.4. The number of nitro groups is 1. The SMILES string of the molecule is Cc1nc2ccc([N+](=O)[O-])cc2c(-c2ccccc2)c1C(N)=O.Cl. The van der Waals surface area contributed by atoms with Crippen molar-refractivity contribution in [3.05, 3.63) is 69.9 Å². The van der Waals surface area contributed by atoms with Gasteiger partial charge in [0.2, 0.25) is 0 Å². The molecule has 3 rings (SSSR count). The molecule has 1 aromatic heterocycles. The van der Waals surface area contributed by atoms with Crippen LogP contribution in [0.15, 0.2) is 48.5 Å². The van der Waals surface area contributed by atoms with Crippen molar-refractivity contribution in [3.8, 4) is 11.1 Å². The van der Waals surface area contributed by atoms with Crippen molar-refractivity contribution in [1.29, 1.82) is 0 Å². The van der Waals surface area contributed by atoms with Crippen LogP contribution in [0.3, 0.4) is 0 Å². The normalized spacial score (nSPS) is 10.2. The topological polar surface area (TPSA) is 99.1 Å². The molecule has 1 amide bonds. The third kappa shape index (κ3) is 2.91. The summed E-state index contributed by atoms with van der Waals surface area (Å²) in [6.45, 7) is 1.70. The molecule has 1 heterocycles. The van der Waals surface area contributed by atoms with Crippen LogP contribution in [0.1, 0.15) is 16.1 Å². The molecular formula is C17H14ClN3O3. The van der Waals surface area contributed by atoms with E-state index < -0.39 is 10.8 Å². The fraction of sp³-hybridized carbons (Fsp3) is 0.0588. The number of primary amides is 1. The molecule has 7 heteroatoms. The molecule has 2 N–H and O–H groups in total. The molecular weight excluding hydrogens is 330 g/mol. The summed E-state index contributed by atoms with van der Waals surface area (Å²) in [5, 5.41) is 11.6. The summed E-state index contributed by atoms with van der Waals surface area (Å²) in [7, 11) is 0. The highest BCUT2D eigenvalue weighted by Crippen LogP contribution is 2.34. The van der Waals surface area contributed by atoms with Crippen molar-refractivity contribution in [2.24, 2.45) is 5.73 Å². The number of nitro benzene ring substituents is 1. The molecule has 0 saturated heterocycles. The predicted octanol–water partition coefficient (Wildman–Crippen LogP) is 3.64. The minimum absolute atomic E-state index is 0. The summed E-state index contributed by atoms with van der Waals surface area (Å²) in [6, 6.07) is 13.6. The summed E-state index contributed by atoms with van der Waals surface area (Å²) in [5.41, 5.74) is 8.16. The van der Waals surface area contributed by atoms with Gasteiger partial charge >= 0.3 is 0 Å². The molecule has 2 aromatic carbocycles. The number of hydrogen-bond donors (Lipinski definition) is 1. The first-order valence-corrected chi connectivity index (χ1v) is 6.93. The van der Waals surface area contributed by atoms with Gasteiger partial charge in [0.25, 0.3) is 11.6 Å². The summed E-state index contributed by atoms with van der Waals surface area (Å²) < 4.78 is 0. The number of pyridine rings is 1. The molecule has 0 aliphatic heterocycles. The molecule has 0 bridgehead atoms. The third-order valence-corrected chi connectivity index (χ3v) is 3.67. The van der Waals surface area contributed by atoms with E-state index in [1.54, 1.807) is 13.0 Å². The zero-order valence-electron chi connectivity index (χ0n) is 12.7. The number of rotatable bonds is 3. The second-order valence-corrected chi connectivity index (χ2v) is 5.14. The minimum atomic E-state index is -0.609. The Labute approximate surface area is 143 Å². The van der Waals surface area contributed by atoms with Gasteiger partial charge in [-0.05, 0) is 18.6 Å². The van der Waals surface area contributed by atoms with Crippen LogP contribution in [-0.2, 0) is 0 Å². The third-order valence-electron chi connectivity index (χ3n) is 3.67. The molecule has 0 fully saturated rings. The zero-order valence-corrected chi connectivity index (χ0v) is 13.5. The Morgan fingerprint density at radius 2 is 1.83 bits per heavy atom. The highest BCUT2D eigenvalue weighted by atomic mass is 35.5. The van der Waals surface area contributed by atoms with Crippen LogP contribution in [0, 0.1) is 17.0 Å². The Hall–Kier alpha value is -2.99. The predicted molar refractivity (Wildman–Crippen MR) is 94.3 cm³/mol. The largest absolute Gasteiger partial charge is 0.366 e. The standard InChI is InChI=1S/C17H13N3O3.ClH/c1-10-15(17(18)21)16(11-5-3-2-4-6-11)13-9-12(20(22)23)7-8-14(13)19-10;/h2-9H,1H3,(H2,18,21);1H. The van der Waals surface area contributed by atoms with Crippen LogP contribution in [0.5, 0.6) is 0 Å². The monoisotopic (exact) mass is 343 g/mol. The number of carbonyl (C=O) groups excluding carboxylic acids is 1. The van der Waals surface area contributed by atoms with Gasteiger partial charge in [-0.15, -0.1) is 12.4 Å². The van der Waals surface area contributed by atoms with Gasteiger partial charge < -0.3 is 5.73 Å². The maximum Gasteiger partial charge on any atom is 0.270 e. The van der Waals surface area contributed by atoms with Crippen LogP contribution >= 0.6 is 12.4 Å². The quantitative estimate of drug-likeness (QED) is 0.579. The highest BCUT2D eigenvalue weighted by molar-refractivity contribution is 6.09. The number of hydrogen-bond acceptors (Lipinski definition) is 4. The molecule has 24 heavy (non-hydrogen) atoms. The maximum atomic E-state index is 11.9. The van der Waals surface area contributed by atoms with Crippen molar-refractivity contribution in [2.75, 3.05) is 0 Å². The number of amides is 1. The summed E-state index contributed by atoms with van der Waals surface area (Å²) >= 11 is 0. The van der Waals surface area contributed by atoms with Gasteiger partial charge in [-0.2, -0.15) is 0 Å². The fourth-order valence-electron chi connectivity index (χ4n) is 2.69. The average Bonchev–Trinajstić information content (AvgIpc) is 2.53. The van der Waals surface area contributed by atoms with E-state index in [4.69, 9.17) is 5.73 Å². The van der Waals surface area contributed by atoms with Gasteiger partial charge in [0.1, 0.15) is 0 Å².